The Morgan fingerprint density at radius 1 is 1.38 bits per heavy atom. The van der Waals surface area contributed by atoms with E-state index in [1.807, 2.05) is 18.2 Å². The summed E-state index contributed by atoms with van der Waals surface area (Å²) >= 11 is 0. The zero-order chi connectivity index (χ0) is 9.47. The molecular weight excluding hydrogens is 190 g/mol. The van der Waals surface area contributed by atoms with Crippen molar-refractivity contribution in [2.24, 2.45) is 0 Å². The van der Waals surface area contributed by atoms with Crippen LogP contribution in [0.1, 0.15) is 5.56 Å². The van der Waals surface area contributed by atoms with Crippen molar-refractivity contribution in [3.63, 3.8) is 0 Å². The van der Waals surface area contributed by atoms with Gasteiger partial charge in [0.25, 0.3) is 10.1 Å². The minimum absolute atomic E-state index is 0.328. The van der Waals surface area contributed by atoms with Gasteiger partial charge in [0.2, 0.25) is 0 Å². The van der Waals surface area contributed by atoms with Gasteiger partial charge in [-0.3, -0.25) is 4.55 Å². The van der Waals surface area contributed by atoms with Crippen LogP contribution in [-0.4, -0.2) is 18.3 Å². The van der Waals surface area contributed by atoms with E-state index in [4.69, 9.17) is 4.55 Å². The quantitative estimate of drug-likeness (QED) is 0.658. The first-order chi connectivity index (χ1) is 6.07. The summed E-state index contributed by atoms with van der Waals surface area (Å²) in [5.74, 6) is 0. The van der Waals surface area contributed by atoms with E-state index in [-0.39, 0.29) is 0 Å². The van der Waals surface area contributed by atoms with E-state index >= 15 is 0 Å². The highest BCUT2D eigenvalue weighted by Crippen LogP contribution is 2.26. The van der Waals surface area contributed by atoms with E-state index in [1.54, 1.807) is 6.07 Å². The van der Waals surface area contributed by atoms with Crippen LogP contribution in [0.4, 0.5) is 5.69 Å². The molecule has 0 saturated heterocycles. The standard InChI is InChI=1S/C8H9NO3S/c10-13(11,12)8-5-6-3-1-2-4-7(6)9-8/h1-4,8-9H,5H2,(H,10,11,12). The maximum absolute atomic E-state index is 10.8. The fourth-order valence-electron chi connectivity index (χ4n) is 1.44. The van der Waals surface area contributed by atoms with Crippen LogP contribution >= 0.6 is 0 Å². The Morgan fingerprint density at radius 3 is 2.69 bits per heavy atom. The Balaban J connectivity index is 2.33. The molecule has 0 fully saturated rings. The van der Waals surface area contributed by atoms with Crippen molar-refractivity contribution in [3.8, 4) is 0 Å². The second-order valence-corrected chi connectivity index (χ2v) is 4.61. The molecule has 13 heavy (non-hydrogen) atoms. The Morgan fingerprint density at radius 2 is 2.08 bits per heavy atom. The van der Waals surface area contributed by atoms with Crippen LogP contribution in [0.25, 0.3) is 0 Å². The Labute approximate surface area is 76.3 Å². The molecular formula is C8H9NO3S. The molecule has 1 aliphatic heterocycles. The smallest absolute Gasteiger partial charge is 0.286 e. The number of para-hydroxylation sites is 1. The van der Waals surface area contributed by atoms with Crippen LogP contribution in [0.2, 0.25) is 0 Å². The third-order valence-corrected chi connectivity index (χ3v) is 3.10. The van der Waals surface area contributed by atoms with Crippen LogP contribution in [0.3, 0.4) is 0 Å². The number of nitrogens with one attached hydrogen (secondary N) is 1. The Bertz CT molecular complexity index is 402. The van der Waals surface area contributed by atoms with Gasteiger partial charge in [-0.05, 0) is 11.6 Å². The number of rotatable bonds is 1. The van der Waals surface area contributed by atoms with Gasteiger partial charge in [0, 0.05) is 12.1 Å². The van der Waals surface area contributed by atoms with E-state index in [1.165, 1.54) is 0 Å². The SMILES string of the molecule is O=S(=O)(O)C1Cc2ccccc2N1. The first-order valence-corrected chi connectivity index (χ1v) is 5.38. The molecule has 4 nitrogen and oxygen atoms in total. The van der Waals surface area contributed by atoms with Crippen molar-refractivity contribution in [2.45, 2.75) is 11.8 Å². The van der Waals surface area contributed by atoms with Gasteiger partial charge >= 0.3 is 0 Å². The van der Waals surface area contributed by atoms with E-state index in [9.17, 15) is 8.42 Å². The fourth-order valence-corrected chi connectivity index (χ4v) is 2.11. The lowest BCUT2D eigenvalue weighted by Crippen LogP contribution is -2.26. The minimum Gasteiger partial charge on any atom is -0.367 e. The second-order valence-electron chi connectivity index (χ2n) is 3.01. The molecule has 0 amide bonds. The molecule has 0 spiro atoms. The molecule has 0 saturated carbocycles. The Hall–Kier alpha value is -1.07. The van der Waals surface area contributed by atoms with Gasteiger partial charge < -0.3 is 5.32 Å². The lowest BCUT2D eigenvalue weighted by molar-refractivity contribution is 0.473. The van der Waals surface area contributed by atoms with Crippen LogP contribution in [0.15, 0.2) is 24.3 Å². The summed E-state index contributed by atoms with van der Waals surface area (Å²) in [6, 6.07) is 7.29. The van der Waals surface area contributed by atoms with Gasteiger partial charge in [0.1, 0.15) is 0 Å². The molecule has 5 heteroatoms. The van der Waals surface area contributed by atoms with Crippen molar-refractivity contribution < 1.29 is 13.0 Å². The van der Waals surface area contributed by atoms with Crippen LogP contribution in [0.5, 0.6) is 0 Å². The lowest BCUT2D eigenvalue weighted by Gasteiger charge is -2.05. The number of hydrogen-bond acceptors (Lipinski definition) is 3. The maximum Gasteiger partial charge on any atom is 0.286 e. The topological polar surface area (TPSA) is 66.4 Å². The van der Waals surface area contributed by atoms with Gasteiger partial charge in [0.05, 0.1) is 0 Å². The van der Waals surface area contributed by atoms with Crippen molar-refractivity contribution >= 4 is 15.8 Å². The molecule has 0 radical (unpaired) electrons. The highest BCUT2D eigenvalue weighted by molar-refractivity contribution is 7.86. The monoisotopic (exact) mass is 199 g/mol. The third-order valence-electron chi connectivity index (χ3n) is 2.10. The summed E-state index contributed by atoms with van der Waals surface area (Å²) in [7, 11) is -3.98. The molecule has 0 bridgehead atoms. The maximum atomic E-state index is 10.8. The van der Waals surface area contributed by atoms with Gasteiger partial charge in [-0.2, -0.15) is 8.42 Å². The van der Waals surface area contributed by atoms with Crippen LogP contribution in [-0.2, 0) is 16.5 Å². The number of hydrogen-bond donors (Lipinski definition) is 2. The highest BCUT2D eigenvalue weighted by atomic mass is 32.2. The molecule has 1 aromatic rings. The first-order valence-electron chi connectivity index (χ1n) is 3.88. The summed E-state index contributed by atoms with van der Waals surface area (Å²) in [5.41, 5.74) is 1.70. The van der Waals surface area contributed by atoms with E-state index in [2.05, 4.69) is 5.32 Å². The summed E-state index contributed by atoms with van der Waals surface area (Å²) in [6.45, 7) is 0. The van der Waals surface area contributed by atoms with Crippen molar-refractivity contribution in [3.05, 3.63) is 29.8 Å². The number of anilines is 1. The minimum atomic E-state index is -3.98. The van der Waals surface area contributed by atoms with Gasteiger partial charge in [0.15, 0.2) is 5.37 Å². The predicted octanol–water partition coefficient (Wildman–Crippen LogP) is 0.868. The third kappa shape index (κ3) is 1.52. The summed E-state index contributed by atoms with van der Waals surface area (Å²) in [6.07, 6.45) is 0.328. The first kappa shape index (κ1) is 8.52. The van der Waals surface area contributed by atoms with E-state index in [0.29, 0.717) is 6.42 Å². The lowest BCUT2D eigenvalue weighted by atomic mass is 10.2. The molecule has 1 atom stereocenters. The van der Waals surface area contributed by atoms with Crippen molar-refractivity contribution in [2.75, 3.05) is 5.32 Å². The van der Waals surface area contributed by atoms with Gasteiger partial charge in [-0.1, -0.05) is 18.2 Å². The average molecular weight is 199 g/mol. The van der Waals surface area contributed by atoms with E-state index in [0.717, 1.165) is 11.3 Å². The van der Waals surface area contributed by atoms with Crippen molar-refractivity contribution in [1.82, 2.24) is 0 Å². The Kier molecular flexibility index (Phi) is 1.78. The van der Waals surface area contributed by atoms with Crippen LogP contribution in [0, 0.1) is 0 Å². The number of fused-ring (bicyclic) bond motifs is 1. The predicted molar refractivity (Wildman–Crippen MR) is 49.1 cm³/mol. The molecule has 2 rings (SSSR count). The molecule has 1 aliphatic rings. The summed E-state index contributed by atoms with van der Waals surface area (Å²) < 4.78 is 30.4. The van der Waals surface area contributed by atoms with E-state index < -0.39 is 15.5 Å². The molecule has 2 N–H and O–H groups in total. The van der Waals surface area contributed by atoms with Gasteiger partial charge in [-0.25, -0.2) is 0 Å². The summed E-state index contributed by atoms with van der Waals surface area (Å²) in [4.78, 5) is 0. The molecule has 1 aromatic carbocycles. The van der Waals surface area contributed by atoms with Crippen molar-refractivity contribution in [1.29, 1.82) is 0 Å². The van der Waals surface area contributed by atoms with Gasteiger partial charge in [-0.15, -0.1) is 0 Å². The van der Waals surface area contributed by atoms with Crippen LogP contribution < -0.4 is 5.32 Å². The largest absolute Gasteiger partial charge is 0.367 e. The molecule has 1 unspecified atom stereocenters. The molecule has 0 aromatic heterocycles. The number of benzene rings is 1. The average Bonchev–Trinajstić information content (AvgIpc) is 2.45. The second kappa shape index (κ2) is 2.71. The normalized spacial score (nSPS) is 20.8. The zero-order valence-corrected chi connectivity index (χ0v) is 7.58. The fraction of sp³-hybridized carbons (Fsp3) is 0.250. The highest BCUT2D eigenvalue weighted by Gasteiger charge is 2.29. The molecule has 70 valence electrons. The zero-order valence-electron chi connectivity index (χ0n) is 6.77. The summed E-state index contributed by atoms with van der Waals surface area (Å²) in [5, 5.41) is 1.85. The molecule has 0 aliphatic carbocycles. The molecule has 1 heterocycles.